The molecule has 17 heavy (non-hydrogen) atoms. The highest BCUT2D eigenvalue weighted by Gasteiger charge is 2.35. The SMILES string of the molecule is CCN1CCN(CC2(CS)CCCC2)CC1C. The lowest BCUT2D eigenvalue weighted by Gasteiger charge is -2.43. The van der Waals surface area contributed by atoms with Crippen molar-refractivity contribution < 1.29 is 0 Å². The van der Waals surface area contributed by atoms with Crippen molar-refractivity contribution in [2.45, 2.75) is 45.6 Å². The molecular weight excluding hydrogens is 228 g/mol. The summed E-state index contributed by atoms with van der Waals surface area (Å²) in [6.45, 7) is 10.9. The fraction of sp³-hybridized carbons (Fsp3) is 1.00. The van der Waals surface area contributed by atoms with Gasteiger partial charge in [0.15, 0.2) is 0 Å². The summed E-state index contributed by atoms with van der Waals surface area (Å²) in [5.41, 5.74) is 0.539. The normalized spacial score (nSPS) is 30.9. The Bertz CT molecular complexity index is 238. The van der Waals surface area contributed by atoms with Crippen molar-refractivity contribution in [1.82, 2.24) is 9.80 Å². The molecular formula is C14H28N2S. The van der Waals surface area contributed by atoms with Crippen LogP contribution >= 0.6 is 12.6 Å². The topological polar surface area (TPSA) is 6.48 Å². The molecule has 1 atom stereocenters. The Labute approximate surface area is 112 Å². The molecule has 0 N–H and O–H groups in total. The molecule has 100 valence electrons. The molecule has 1 saturated heterocycles. The van der Waals surface area contributed by atoms with E-state index in [9.17, 15) is 0 Å². The lowest BCUT2D eigenvalue weighted by molar-refractivity contribution is 0.0608. The first-order valence-corrected chi connectivity index (χ1v) is 7.89. The van der Waals surface area contributed by atoms with Crippen molar-refractivity contribution in [2.24, 2.45) is 5.41 Å². The summed E-state index contributed by atoms with van der Waals surface area (Å²) >= 11 is 4.62. The van der Waals surface area contributed by atoms with Crippen LogP contribution in [0.4, 0.5) is 0 Å². The van der Waals surface area contributed by atoms with Crippen LogP contribution in [0.15, 0.2) is 0 Å². The van der Waals surface area contributed by atoms with Gasteiger partial charge < -0.3 is 0 Å². The van der Waals surface area contributed by atoms with E-state index in [1.165, 1.54) is 58.4 Å². The smallest absolute Gasteiger partial charge is 0.0195 e. The van der Waals surface area contributed by atoms with E-state index >= 15 is 0 Å². The number of rotatable bonds is 4. The summed E-state index contributed by atoms with van der Waals surface area (Å²) < 4.78 is 0. The summed E-state index contributed by atoms with van der Waals surface area (Å²) in [5, 5.41) is 0. The Morgan fingerprint density at radius 2 is 1.94 bits per heavy atom. The van der Waals surface area contributed by atoms with Gasteiger partial charge >= 0.3 is 0 Å². The largest absolute Gasteiger partial charge is 0.300 e. The summed E-state index contributed by atoms with van der Waals surface area (Å²) in [7, 11) is 0. The molecule has 1 heterocycles. The van der Waals surface area contributed by atoms with Gasteiger partial charge in [-0.05, 0) is 37.5 Å². The molecule has 0 radical (unpaired) electrons. The second-order valence-corrected chi connectivity index (χ2v) is 6.39. The highest BCUT2D eigenvalue weighted by atomic mass is 32.1. The fourth-order valence-electron chi connectivity index (χ4n) is 3.65. The van der Waals surface area contributed by atoms with Crippen molar-refractivity contribution in [3.63, 3.8) is 0 Å². The van der Waals surface area contributed by atoms with Crippen molar-refractivity contribution in [3.8, 4) is 0 Å². The van der Waals surface area contributed by atoms with Gasteiger partial charge in [-0.15, -0.1) is 0 Å². The zero-order chi connectivity index (χ0) is 12.3. The summed E-state index contributed by atoms with van der Waals surface area (Å²) in [6.07, 6.45) is 5.65. The van der Waals surface area contributed by atoms with E-state index in [2.05, 4.69) is 36.3 Å². The van der Waals surface area contributed by atoms with Crippen LogP contribution in [0.2, 0.25) is 0 Å². The standard InChI is InChI=1S/C14H28N2S/c1-3-16-9-8-15(10-13(16)2)11-14(12-17)6-4-5-7-14/h13,17H,3-12H2,1-2H3. The van der Waals surface area contributed by atoms with Gasteiger partial charge in [-0.25, -0.2) is 0 Å². The Hall–Kier alpha value is 0.270. The summed E-state index contributed by atoms with van der Waals surface area (Å²) in [5.74, 6) is 1.08. The van der Waals surface area contributed by atoms with Crippen LogP contribution in [0.25, 0.3) is 0 Å². The second-order valence-electron chi connectivity index (χ2n) is 6.08. The predicted octanol–water partition coefficient (Wildman–Crippen LogP) is 2.50. The van der Waals surface area contributed by atoms with Crippen LogP contribution in [0.5, 0.6) is 0 Å². The first-order chi connectivity index (χ1) is 8.19. The molecule has 1 aliphatic heterocycles. The van der Waals surface area contributed by atoms with E-state index < -0.39 is 0 Å². The van der Waals surface area contributed by atoms with Gasteiger partial charge in [0.25, 0.3) is 0 Å². The average molecular weight is 256 g/mol. The zero-order valence-electron chi connectivity index (χ0n) is 11.5. The van der Waals surface area contributed by atoms with Gasteiger partial charge in [0.05, 0.1) is 0 Å². The van der Waals surface area contributed by atoms with Crippen molar-refractivity contribution >= 4 is 12.6 Å². The molecule has 2 aliphatic rings. The molecule has 0 spiro atoms. The van der Waals surface area contributed by atoms with E-state index in [-0.39, 0.29) is 0 Å². The van der Waals surface area contributed by atoms with Crippen LogP contribution in [0.3, 0.4) is 0 Å². The minimum atomic E-state index is 0.539. The number of hydrogen-bond donors (Lipinski definition) is 1. The molecule has 1 saturated carbocycles. The third-order valence-electron chi connectivity index (χ3n) is 4.81. The van der Waals surface area contributed by atoms with E-state index in [0.717, 1.165) is 11.8 Å². The molecule has 0 aromatic rings. The summed E-state index contributed by atoms with van der Waals surface area (Å²) in [6, 6.07) is 0.729. The molecule has 0 amide bonds. The Morgan fingerprint density at radius 3 is 2.47 bits per heavy atom. The van der Waals surface area contributed by atoms with Gasteiger partial charge in [0.1, 0.15) is 0 Å². The maximum absolute atomic E-state index is 4.62. The molecule has 1 unspecified atom stereocenters. The number of thiol groups is 1. The third kappa shape index (κ3) is 3.18. The number of piperazine rings is 1. The van der Waals surface area contributed by atoms with E-state index in [1.54, 1.807) is 0 Å². The second kappa shape index (κ2) is 5.94. The van der Waals surface area contributed by atoms with Gasteiger partial charge in [-0.3, -0.25) is 9.80 Å². The number of likely N-dealkylation sites (N-methyl/N-ethyl adjacent to an activating group) is 1. The monoisotopic (exact) mass is 256 g/mol. The fourth-order valence-corrected chi connectivity index (χ4v) is 4.07. The van der Waals surface area contributed by atoms with Gasteiger partial charge in [-0.1, -0.05) is 19.8 Å². The quantitative estimate of drug-likeness (QED) is 0.772. The average Bonchev–Trinajstić information content (AvgIpc) is 2.79. The minimum Gasteiger partial charge on any atom is -0.300 e. The lowest BCUT2D eigenvalue weighted by atomic mass is 9.87. The molecule has 2 nitrogen and oxygen atoms in total. The van der Waals surface area contributed by atoms with Crippen LogP contribution in [0.1, 0.15) is 39.5 Å². The van der Waals surface area contributed by atoms with Gasteiger partial charge in [0, 0.05) is 32.2 Å². The van der Waals surface area contributed by atoms with Crippen LogP contribution in [0, 0.1) is 5.41 Å². The maximum atomic E-state index is 4.62. The van der Waals surface area contributed by atoms with Gasteiger partial charge in [0.2, 0.25) is 0 Å². The van der Waals surface area contributed by atoms with E-state index in [4.69, 9.17) is 0 Å². The molecule has 1 aliphatic carbocycles. The molecule has 0 bridgehead atoms. The first kappa shape index (κ1) is 13.7. The predicted molar refractivity (Wildman–Crippen MR) is 77.9 cm³/mol. The highest BCUT2D eigenvalue weighted by Crippen LogP contribution is 2.39. The summed E-state index contributed by atoms with van der Waals surface area (Å²) in [4.78, 5) is 5.29. The number of hydrogen-bond acceptors (Lipinski definition) is 3. The molecule has 2 fully saturated rings. The van der Waals surface area contributed by atoms with Crippen molar-refractivity contribution in [3.05, 3.63) is 0 Å². The Balaban J connectivity index is 1.87. The van der Waals surface area contributed by atoms with Crippen LogP contribution < -0.4 is 0 Å². The van der Waals surface area contributed by atoms with E-state index in [1.807, 2.05) is 0 Å². The molecule has 2 rings (SSSR count). The highest BCUT2D eigenvalue weighted by molar-refractivity contribution is 7.80. The van der Waals surface area contributed by atoms with Crippen LogP contribution in [-0.2, 0) is 0 Å². The maximum Gasteiger partial charge on any atom is 0.0195 e. The minimum absolute atomic E-state index is 0.539. The third-order valence-corrected chi connectivity index (χ3v) is 5.48. The Kier molecular flexibility index (Phi) is 4.79. The molecule has 0 aromatic heterocycles. The Morgan fingerprint density at radius 1 is 1.24 bits per heavy atom. The zero-order valence-corrected chi connectivity index (χ0v) is 12.4. The van der Waals surface area contributed by atoms with Crippen molar-refractivity contribution in [1.29, 1.82) is 0 Å². The van der Waals surface area contributed by atoms with Crippen molar-refractivity contribution in [2.75, 3.05) is 38.5 Å². The van der Waals surface area contributed by atoms with E-state index in [0.29, 0.717) is 5.41 Å². The number of nitrogens with zero attached hydrogens (tertiary/aromatic N) is 2. The molecule has 3 heteroatoms. The molecule has 0 aromatic carbocycles. The lowest BCUT2D eigenvalue weighted by Crippen LogP contribution is -2.54. The van der Waals surface area contributed by atoms with Gasteiger partial charge in [-0.2, -0.15) is 12.6 Å². The first-order valence-electron chi connectivity index (χ1n) is 7.26. The van der Waals surface area contributed by atoms with Crippen LogP contribution in [-0.4, -0.2) is 54.3 Å².